The van der Waals surface area contributed by atoms with Gasteiger partial charge in [-0.25, -0.2) is 0 Å². The third-order valence-electron chi connectivity index (χ3n) is 3.18. The second kappa shape index (κ2) is 8.58. The molecular weight excluding hydrogens is 304 g/mol. The number of benzene rings is 1. The zero-order valence-corrected chi connectivity index (χ0v) is 13.2. The Hall–Kier alpha value is -1.82. The number of nitrogens with zero attached hydrogens (tertiary/aromatic N) is 1. The van der Waals surface area contributed by atoms with Gasteiger partial charge in [-0.2, -0.15) is 0 Å². The molecule has 3 N–H and O–H groups in total. The standard InChI is InChI=1S/C16H20N2O3.ClH/c1-12(17)16(20)18(10-13-6-3-2-4-7-13)11-14(19)15-8-5-9-21-15;/h2-9,12,14,19H,10-11,17H2,1H3;1H. The minimum atomic E-state index is -0.869. The van der Waals surface area contributed by atoms with Gasteiger partial charge in [0.05, 0.1) is 18.8 Å². The molecule has 0 fully saturated rings. The third kappa shape index (κ3) is 4.87. The quantitative estimate of drug-likeness (QED) is 0.853. The number of rotatable bonds is 6. The van der Waals surface area contributed by atoms with Crippen LogP contribution in [0.2, 0.25) is 0 Å². The van der Waals surface area contributed by atoms with Gasteiger partial charge in [-0.3, -0.25) is 4.79 Å². The van der Waals surface area contributed by atoms with E-state index in [2.05, 4.69) is 0 Å². The van der Waals surface area contributed by atoms with Crippen LogP contribution in [0.1, 0.15) is 24.4 Å². The van der Waals surface area contributed by atoms with E-state index in [4.69, 9.17) is 10.2 Å². The smallest absolute Gasteiger partial charge is 0.239 e. The van der Waals surface area contributed by atoms with E-state index in [0.717, 1.165) is 5.56 Å². The molecule has 120 valence electrons. The number of nitrogens with two attached hydrogens (primary N) is 1. The molecule has 2 rings (SSSR count). The maximum Gasteiger partial charge on any atom is 0.239 e. The van der Waals surface area contributed by atoms with Crippen molar-refractivity contribution in [3.05, 3.63) is 60.1 Å². The number of hydrogen-bond acceptors (Lipinski definition) is 4. The molecule has 2 atom stereocenters. The maximum atomic E-state index is 12.2. The van der Waals surface area contributed by atoms with Crippen molar-refractivity contribution in [2.45, 2.75) is 25.6 Å². The Morgan fingerprint density at radius 2 is 1.95 bits per heavy atom. The number of hydrogen-bond donors (Lipinski definition) is 2. The molecule has 2 unspecified atom stereocenters. The molecule has 1 aromatic carbocycles. The van der Waals surface area contributed by atoms with Crippen molar-refractivity contribution in [3.63, 3.8) is 0 Å². The van der Waals surface area contributed by atoms with Crippen LogP contribution in [0, 0.1) is 0 Å². The molecule has 0 radical (unpaired) electrons. The van der Waals surface area contributed by atoms with Crippen molar-refractivity contribution in [3.8, 4) is 0 Å². The summed E-state index contributed by atoms with van der Waals surface area (Å²) in [5.41, 5.74) is 6.67. The second-order valence-corrected chi connectivity index (χ2v) is 5.02. The first kappa shape index (κ1) is 18.2. The van der Waals surface area contributed by atoms with E-state index in [-0.39, 0.29) is 24.9 Å². The normalized spacial score (nSPS) is 13.0. The van der Waals surface area contributed by atoms with E-state index in [1.165, 1.54) is 6.26 Å². The molecular formula is C16H21ClN2O3. The van der Waals surface area contributed by atoms with Gasteiger partial charge in [0.25, 0.3) is 0 Å². The summed E-state index contributed by atoms with van der Waals surface area (Å²) < 4.78 is 5.17. The molecule has 1 heterocycles. The predicted molar refractivity (Wildman–Crippen MR) is 86.4 cm³/mol. The van der Waals surface area contributed by atoms with E-state index >= 15 is 0 Å². The van der Waals surface area contributed by atoms with Gasteiger partial charge < -0.3 is 20.2 Å². The molecule has 0 aliphatic carbocycles. The first-order valence-corrected chi connectivity index (χ1v) is 6.87. The van der Waals surface area contributed by atoms with Crippen molar-refractivity contribution < 1.29 is 14.3 Å². The molecule has 2 aromatic rings. The molecule has 1 aromatic heterocycles. The summed E-state index contributed by atoms with van der Waals surface area (Å²) in [7, 11) is 0. The lowest BCUT2D eigenvalue weighted by Crippen LogP contribution is -2.43. The second-order valence-electron chi connectivity index (χ2n) is 5.02. The SMILES string of the molecule is CC(N)C(=O)N(Cc1ccccc1)CC(O)c1ccco1.Cl. The topological polar surface area (TPSA) is 79.7 Å². The molecule has 1 amide bonds. The van der Waals surface area contributed by atoms with Gasteiger partial charge in [-0.1, -0.05) is 30.3 Å². The van der Waals surface area contributed by atoms with Crippen LogP contribution in [0.3, 0.4) is 0 Å². The Bertz CT molecular complexity index is 558. The maximum absolute atomic E-state index is 12.2. The fraction of sp³-hybridized carbons (Fsp3) is 0.312. The number of aliphatic hydroxyl groups excluding tert-OH is 1. The van der Waals surface area contributed by atoms with Crippen LogP contribution >= 0.6 is 12.4 Å². The van der Waals surface area contributed by atoms with Crippen LogP contribution in [-0.4, -0.2) is 28.5 Å². The number of carbonyl (C=O) groups excluding carboxylic acids is 1. The highest BCUT2D eigenvalue weighted by atomic mass is 35.5. The monoisotopic (exact) mass is 324 g/mol. The Labute approximate surface area is 136 Å². The largest absolute Gasteiger partial charge is 0.467 e. The summed E-state index contributed by atoms with van der Waals surface area (Å²) in [6, 6.07) is 12.4. The number of carbonyl (C=O) groups is 1. The summed E-state index contributed by atoms with van der Waals surface area (Å²) >= 11 is 0. The summed E-state index contributed by atoms with van der Waals surface area (Å²) in [4.78, 5) is 13.8. The van der Waals surface area contributed by atoms with Crippen LogP contribution in [0.25, 0.3) is 0 Å². The molecule has 22 heavy (non-hydrogen) atoms. The minimum absolute atomic E-state index is 0. The Kier molecular flexibility index (Phi) is 7.11. The molecule has 6 heteroatoms. The zero-order valence-electron chi connectivity index (χ0n) is 12.4. The highest BCUT2D eigenvalue weighted by Crippen LogP contribution is 2.16. The van der Waals surface area contributed by atoms with E-state index in [0.29, 0.717) is 12.3 Å². The van der Waals surface area contributed by atoms with Crippen molar-refractivity contribution in [1.82, 2.24) is 4.90 Å². The first-order chi connectivity index (χ1) is 10.1. The predicted octanol–water partition coefficient (Wildman–Crippen LogP) is 2.11. The average molecular weight is 325 g/mol. The first-order valence-electron chi connectivity index (χ1n) is 6.87. The molecule has 0 spiro atoms. The van der Waals surface area contributed by atoms with Gasteiger partial charge >= 0.3 is 0 Å². The van der Waals surface area contributed by atoms with Gasteiger partial charge in [-0.05, 0) is 24.6 Å². The van der Waals surface area contributed by atoms with Crippen molar-refractivity contribution >= 4 is 18.3 Å². The lowest BCUT2D eigenvalue weighted by Gasteiger charge is -2.26. The number of aliphatic hydroxyl groups is 1. The highest BCUT2D eigenvalue weighted by molar-refractivity contribution is 5.85. The Morgan fingerprint density at radius 3 is 2.50 bits per heavy atom. The van der Waals surface area contributed by atoms with Gasteiger partial charge in [0.1, 0.15) is 11.9 Å². The Balaban J connectivity index is 0.00000242. The van der Waals surface area contributed by atoms with E-state index in [1.54, 1.807) is 24.0 Å². The number of halogens is 1. The van der Waals surface area contributed by atoms with Crippen LogP contribution in [0.5, 0.6) is 0 Å². The Morgan fingerprint density at radius 1 is 1.27 bits per heavy atom. The van der Waals surface area contributed by atoms with Crippen LogP contribution in [0.4, 0.5) is 0 Å². The van der Waals surface area contributed by atoms with Gasteiger partial charge in [0, 0.05) is 6.54 Å². The summed E-state index contributed by atoms with van der Waals surface area (Å²) in [6.45, 7) is 2.18. The fourth-order valence-electron chi connectivity index (χ4n) is 2.10. The molecule has 0 saturated carbocycles. The summed E-state index contributed by atoms with van der Waals surface area (Å²) in [6.07, 6.45) is 0.624. The van der Waals surface area contributed by atoms with Crippen LogP contribution < -0.4 is 5.73 Å². The highest BCUT2D eigenvalue weighted by Gasteiger charge is 2.22. The van der Waals surface area contributed by atoms with E-state index in [1.807, 2.05) is 30.3 Å². The molecule has 0 aliphatic rings. The number of furan rings is 1. The van der Waals surface area contributed by atoms with E-state index in [9.17, 15) is 9.90 Å². The van der Waals surface area contributed by atoms with Gasteiger partial charge in [0.2, 0.25) is 5.91 Å². The third-order valence-corrected chi connectivity index (χ3v) is 3.18. The molecule has 0 aliphatic heterocycles. The summed E-state index contributed by atoms with van der Waals surface area (Å²) in [5.74, 6) is 0.231. The van der Waals surface area contributed by atoms with Crippen molar-refractivity contribution in [2.24, 2.45) is 5.73 Å². The van der Waals surface area contributed by atoms with Gasteiger partial charge in [0.15, 0.2) is 0 Å². The molecule has 5 nitrogen and oxygen atoms in total. The minimum Gasteiger partial charge on any atom is -0.467 e. The lowest BCUT2D eigenvalue weighted by atomic mass is 10.1. The van der Waals surface area contributed by atoms with Crippen molar-refractivity contribution in [1.29, 1.82) is 0 Å². The average Bonchev–Trinajstić information content (AvgIpc) is 3.01. The fourth-order valence-corrected chi connectivity index (χ4v) is 2.10. The van der Waals surface area contributed by atoms with Crippen LogP contribution in [-0.2, 0) is 11.3 Å². The molecule has 0 saturated heterocycles. The van der Waals surface area contributed by atoms with E-state index < -0.39 is 12.1 Å². The zero-order chi connectivity index (χ0) is 15.2. The van der Waals surface area contributed by atoms with Crippen LogP contribution in [0.15, 0.2) is 53.1 Å². The molecule has 0 bridgehead atoms. The summed E-state index contributed by atoms with van der Waals surface area (Å²) in [5, 5.41) is 10.2. The number of amides is 1. The lowest BCUT2D eigenvalue weighted by molar-refractivity contribution is -0.134. The van der Waals surface area contributed by atoms with Gasteiger partial charge in [-0.15, -0.1) is 12.4 Å². The van der Waals surface area contributed by atoms with Crippen molar-refractivity contribution in [2.75, 3.05) is 6.54 Å².